The van der Waals surface area contributed by atoms with Crippen molar-refractivity contribution in [3.05, 3.63) is 42.1 Å². The van der Waals surface area contributed by atoms with Crippen LogP contribution in [0.2, 0.25) is 0 Å². The van der Waals surface area contributed by atoms with Gasteiger partial charge in [0.05, 0.1) is 12.7 Å². The molecule has 1 aromatic rings. The number of benzene rings is 1. The SMILES string of the molecule is COC(=O)c1ccc(NC(=O)N/C=C/C(C)C)cc1. The second-order valence-electron chi connectivity index (χ2n) is 4.27. The van der Waals surface area contributed by atoms with Crippen LogP contribution in [0.3, 0.4) is 0 Å². The lowest BCUT2D eigenvalue weighted by Gasteiger charge is -2.05. The molecule has 0 saturated carbocycles. The van der Waals surface area contributed by atoms with Crippen LogP contribution in [0.5, 0.6) is 0 Å². The average Bonchev–Trinajstić information content (AvgIpc) is 2.38. The van der Waals surface area contributed by atoms with Gasteiger partial charge in [-0.2, -0.15) is 0 Å². The number of anilines is 1. The third-order valence-electron chi connectivity index (χ3n) is 2.26. The number of hydrogen-bond acceptors (Lipinski definition) is 3. The number of hydrogen-bond donors (Lipinski definition) is 2. The third kappa shape index (κ3) is 5.25. The molecule has 2 N–H and O–H groups in total. The summed E-state index contributed by atoms with van der Waals surface area (Å²) >= 11 is 0. The largest absolute Gasteiger partial charge is 0.465 e. The fourth-order valence-corrected chi connectivity index (χ4v) is 1.29. The Bertz CT molecular complexity index is 464. The molecule has 0 atom stereocenters. The van der Waals surface area contributed by atoms with E-state index in [1.807, 2.05) is 19.9 Å². The van der Waals surface area contributed by atoms with E-state index in [4.69, 9.17) is 0 Å². The highest BCUT2D eigenvalue weighted by molar-refractivity contribution is 5.92. The Morgan fingerprint density at radius 1 is 1.21 bits per heavy atom. The molecule has 0 aliphatic carbocycles. The molecule has 0 heterocycles. The van der Waals surface area contributed by atoms with E-state index in [0.717, 1.165) is 0 Å². The van der Waals surface area contributed by atoms with Gasteiger partial charge in [0.15, 0.2) is 0 Å². The number of rotatable bonds is 4. The van der Waals surface area contributed by atoms with E-state index in [1.54, 1.807) is 30.5 Å². The maximum Gasteiger partial charge on any atom is 0.337 e. The summed E-state index contributed by atoms with van der Waals surface area (Å²) in [5, 5.41) is 5.24. The van der Waals surface area contributed by atoms with E-state index in [0.29, 0.717) is 17.2 Å². The molecule has 0 aliphatic heterocycles. The minimum Gasteiger partial charge on any atom is -0.465 e. The molecule has 5 nitrogen and oxygen atoms in total. The van der Waals surface area contributed by atoms with Crippen LogP contribution in [0.4, 0.5) is 10.5 Å². The first-order valence-corrected chi connectivity index (χ1v) is 5.95. The Morgan fingerprint density at radius 3 is 2.37 bits per heavy atom. The van der Waals surface area contributed by atoms with Crippen molar-refractivity contribution in [2.45, 2.75) is 13.8 Å². The van der Waals surface area contributed by atoms with Gasteiger partial charge in [0.2, 0.25) is 0 Å². The molecule has 0 aliphatic rings. The van der Waals surface area contributed by atoms with Gasteiger partial charge < -0.3 is 15.4 Å². The lowest BCUT2D eigenvalue weighted by molar-refractivity contribution is 0.0601. The van der Waals surface area contributed by atoms with Gasteiger partial charge in [-0.1, -0.05) is 19.9 Å². The zero-order valence-corrected chi connectivity index (χ0v) is 11.3. The van der Waals surface area contributed by atoms with Crippen molar-refractivity contribution in [1.82, 2.24) is 5.32 Å². The van der Waals surface area contributed by atoms with Crippen molar-refractivity contribution in [3.63, 3.8) is 0 Å². The van der Waals surface area contributed by atoms with Crippen molar-refractivity contribution in [3.8, 4) is 0 Å². The number of carbonyl (C=O) groups is 2. The van der Waals surface area contributed by atoms with Gasteiger partial charge in [-0.15, -0.1) is 0 Å². The van der Waals surface area contributed by atoms with Crippen molar-refractivity contribution < 1.29 is 14.3 Å². The topological polar surface area (TPSA) is 67.4 Å². The molecule has 19 heavy (non-hydrogen) atoms. The molecular formula is C14H18N2O3. The van der Waals surface area contributed by atoms with Gasteiger partial charge in [-0.3, -0.25) is 0 Å². The van der Waals surface area contributed by atoms with Gasteiger partial charge >= 0.3 is 12.0 Å². The van der Waals surface area contributed by atoms with Crippen molar-refractivity contribution >= 4 is 17.7 Å². The number of methoxy groups -OCH3 is 1. The summed E-state index contributed by atoms with van der Waals surface area (Å²) in [6, 6.07) is 6.12. The normalized spacial score (nSPS) is 10.5. The van der Waals surface area contributed by atoms with Crippen LogP contribution in [0, 0.1) is 5.92 Å². The Labute approximate surface area is 112 Å². The molecule has 2 amide bonds. The predicted molar refractivity (Wildman–Crippen MR) is 73.9 cm³/mol. The summed E-state index contributed by atoms with van der Waals surface area (Å²) in [5.74, 6) is -0.0319. The van der Waals surface area contributed by atoms with Crippen LogP contribution in [0.25, 0.3) is 0 Å². The monoisotopic (exact) mass is 262 g/mol. The second-order valence-corrected chi connectivity index (χ2v) is 4.27. The highest BCUT2D eigenvalue weighted by atomic mass is 16.5. The Hall–Kier alpha value is -2.30. The quantitative estimate of drug-likeness (QED) is 0.820. The van der Waals surface area contributed by atoms with Crippen LogP contribution in [0.15, 0.2) is 36.5 Å². The summed E-state index contributed by atoms with van der Waals surface area (Å²) in [6.07, 6.45) is 3.47. The van der Waals surface area contributed by atoms with E-state index < -0.39 is 5.97 Å². The molecule has 0 unspecified atom stereocenters. The van der Waals surface area contributed by atoms with E-state index in [9.17, 15) is 9.59 Å². The van der Waals surface area contributed by atoms with Crippen LogP contribution >= 0.6 is 0 Å². The Morgan fingerprint density at radius 2 is 1.84 bits per heavy atom. The van der Waals surface area contributed by atoms with Gasteiger partial charge in [-0.25, -0.2) is 9.59 Å². The molecule has 0 fully saturated rings. The fourth-order valence-electron chi connectivity index (χ4n) is 1.29. The minimum absolute atomic E-state index is 0.331. The highest BCUT2D eigenvalue weighted by Crippen LogP contribution is 2.10. The maximum absolute atomic E-state index is 11.5. The lowest BCUT2D eigenvalue weighted by Crippen LogP contribution is -2.23. The minimum atomic E-state index is -0.407. The number of amides is 2. The lowest BCUT2D eigenvalue weighted by atomic mass is 10.2. The zero-order chi connectivity index (χ0) is 14.3. The number of allylic oxidation sites excluding steroid dienone is 1. The van der Waals surface area contributed by atoms with Crippen molar-refractivity contribution in [1.29, 1.82) is 0 Å². The molecule has 1 rings (SSSR count). The van der Waals surface area contributed by atoms with Crippen LogP contribution < -0.4 is 10.6 Å². The summed E-state index contributed by atoms with van der Waals surface area (Å²) in [4.78, 5) is 22.7. The standard InChI is InChI=1S/C14H18N2O3/c1-10(2)8-9-15-14(18)16-12-6-4-11(5-7-12)13(17)19-3/h4-10H,1-3H3,(H2,15,16,18)/b9-8+. The molecule has 1 aromatic carbocycles. The third-order valence-corrected chi connectivity index (χ3v) is 2.26. The van der Waals surface area contributed by atoms with Crippen LogP contribution in [-0.4, -0.2) is 19.1 Å². The summed E-state index contributed by atoms with van der Waals surface area (Å²) < 4.78 is 4.58. The van der Waals surface area contributed by atoms with E-state index in [2.05, 4.69) is 15.4 Å². The molecular weight excluding hydrogens is 244 g/mol. The number of nitrogens with one attached hydrogen (secondary N) is 2. The van der Waals surface area contributed by atoms with Gasteiger partial charge in [0, 0.05) is 11.9 Å². The Kier molecular flexibility index (Phi) is 5.60. The van der Waals surface area contributed by atoms with Crippen LogP contribution in [0.1, 0.15) is 24.2 Å². The van der Waals surface area contributed by atoms with E-state index in [1.165, 1.54) is 7.11 Å². The smallest absolute Gasteiger partial charge is 0.337 e. The molecule has 102 valence electrons. The van der Waals surface area contributed by atoms with Gasteiger partial charge in [0.25, 0.3) is 0 Å². The first-order chi connectivity index (χ1) is 9.02. The number of urea groups is 1. The summed E-state index contributed by atoms with van der Waals surface area (Å²) in [6.45, 7) is 4.03. The van der Waals surface area contributed by atoms with Gasteiger partial charge in [0.1, 0.15) is 0 Å². The fraction of sp³-hybridized carbons (Fsp3) is 0.286. The van der Waals surface area contributed by atoms with E-state index >= 15 is 0 Å². The van der Waals surface area contributed by atoms with E-state index in [-0.39, 0.29) is 6.03 Å². The molecule has 0 spiro atoms. The summed E-state index contributed by atoms with van der Waals surface area (Å²) in [5.41, 5.74) is 1.04. The number of carbonyl (C=O) groups excluding carboxylic acids is 2. The average molecular weight is 262 g/mol. The Balaban J connectivity index is 2.53. The number of ether oxygens (including phenoxy) is 1. The second kappa shape index (κ2) is 7.20. The number of esters is 1. The predicted octanol–water partition coefficient (Wildman–Crippen LogP) is 2.76. The molecule has 0 aromatic heterocycles. The van der Waals surface area contributed by atoms with Crippen molar-refractivity contribution in [2.24, 2.45) is 5.92 Å². The molecule has 0 radical (unpaired) electrons. The maximum atomic E-state index is 11.5. The van der Waals surface area contributed by atoms with Crippen molar-refractivity contribution in [2.75, 3.05) is 12.4 Å². The molecule has 0 saturated heterocycles. The molecule has 5 heteroatoms. The highest BCUT2D eigenvalue weighted by Gasteiger charge is 2.05. The molecule has 0 bridgehead atoms. The zero-order valence-electron chi connectivity index (χ0n) is 11.3. The first kappa shape index (κ1) is 14.8. The summed E-state index contributed by atoms with van der Waals surface area (Å²) in [7, 11) is 1.32. The first-order valence-electron chi connectivity index (χ1n) is 5.95. The van der Waals surface area contributed by atoms with Crippen LogP contribution in [-0.2, 0) is 4.74 Å². The van der Waals surface area contributed by atoms with Gasteiger partial charge in [-0.05, 0) is 30.2 Å².